The van der Waals surface area contributed by atoms with Gasteiger partial charge < -0.3 is 10.1 Å². The van der Waals surface area contributed by atoms with Crippen LogP contribution in [0.5, 0.6) is 0 Å². The van der Waals surface area contributed by atoms with Crippen molar-refractivity contribution in [1.29, 1.82) is 0 Å². The highest BCUT2D eigenvalue weighted by Crippen LogP contribution is 2.23. The van der Waals surface area contributed by atoms with Crippen LogP contribution in [0.2, 0.25) is 0 Å². The Bertz CT molecular complexity index is 446. The van der Waals surface area contributed by atoms with Gasteiger partial charge in [-0.25, -0.2) is 0 Å². The minimum Gasteiger partial charge on any atom is -0.469 e. The second kappa shape index (κ2) is 6.38. The average molecular weight is 305 g/mol. The van der Waals surface area contributed by atoms with E-state index in [1.807, 2.05) is 6.92 Å². The van der Waals surface area contributed by atoms with Crippen molar-refractivity contribution in [3.05, 3.63) is 0 Å². The van der Waals surface area contributed by atoms with Gasteiger partial charge in [0.2, 0.25) is 0 Å². The van der Waals surface area contributed by atoms with Gasteiger partial charge in [-0.1, -0.05) is 0 Å². The zero-order valence-electron chi connectivity index (χ0n) is 12.0. The van der Waals surface area contributed by atoms with Crippen molar-refractivity contribution in [2.24, 2.45) is 5.92 Å². The molecule has 0 aromatic carbocycles. The van der Waals surface area contributed by atoms with Gasteiger partial charge in [0, 0.05) is 38.8 Å². The van der Waals surface area contributed by atoms with Crippen LogP contribution in [0.4, 0.5) is 0 Å². The Hall–Kier alpha value is -0.700. The van der Waals surface area contributed by atoms with Gasteiger partial charge >= 0.3 is 5.97 Å². The number of nitrogens with zero attached hydrogens (tertiary/aromatic N) is 2. The number of hydrogen-bond donors (Lipinski definition) is 1. The maximum Gasteiger partial charge on any atom is 0.308 e. The molecule has 7 nitrogen and oxygen atoms in total. The molecule has 2 heterocycles. The molecule has 2 fully saturated rings. The summed E-state index contributed by atoms with van der Waals surface area (Å²) in [5.41, 5.74) is 0. The van der Waals surface area contributed by atoms with Crippen LogP contribution in [-0.2, 0) is 19.7 Å². The van der Waals surface area contributed by atoms with Gasteiger partial charge in [0.1, 0.15) is 0 Å². The number of piperidine rings is 1. The highest BCUT2D eigenvalue weighted by Gasteiger charge is 2.37. The smallest absolute Gasteiger partial charge is 0.308 e. The summed E-state index contributed by atoms with van der Waals surface area (Å²) in [4.78, 5) is 11.5. The number of nitrogens with one attached hydrogen (secondary N) is 1. The number of esters is 1. The fourth-order valence-electron chi connectivity index (χ4n) is 2.80. The maximum absolute atomic E-state index is 12.6. The first-order valence-corrected chi connectivity index (χ1v) is 8.42. The van der Waals surface area contributed by atoms with Crippen molar-refractivity contribution < 1.29 is 17.9 Å². The zero-order valence-corrected chi connectivity index (χ0v) is 12.9. The van der Waals surface area contributed by atoms with Gasteiger partial charge in [-0.2, -0.15) is 17.0 Å². The largest absolute Gasteiger partial charge is 0.469 e. The molecule has 0 radical (unpaired) electrons. The molecule has 0 aromatic heterocycles. The molecule has 2 rings (SSSR count). The lowest BCUT2D eigenvalue weighted by atomic mass is 9.99. The molecular weight excluding hydrogens is 282 g/mol. The van der Waals surface area contributed by atoms with E-state index in [2.05, 4.69) is 5.32 Å². The van der Waals surface area contributed by atoms with Crippen LogP contribution in [0.15, 0.2) is 0 Å². The van der Waals surface area contributed by atoms with Gasteiger partial charge in [-0.15, -0.1) is 0 Å². The second-order valence-corrected chi connectivity index (χ2v) is 7.25. The summed E-state index contributed by atoms with van der Waals surface area (Å²) in [5.74, 6) is -0.413. The first kappa shape index (κ1) is 15.7. The van der Waals surface area contributed by atoms with Crippen molar-refractivity contribution in [1.82, 2.24) is 13.9 Å². The van der Waals surface area contributed by atoms with Crippen molar-refractivity contribution in [2.45, 2.75) is 25.8 Å². The molecule has 2 aliphatic rings. The molecule has 1 atom stereocenters. The highest BCUT2D eigenvalue weighted by atomic mass is 32.2. The lowest BCUT2D eigenvalue weighted by molar-refractivity contribution is -0.146. The van der Waals surface area contributed by atoms with Crippen LogP contribution < -0.4 is 5.32 Å². The van der Waals surface area contributed by atoms with Gasteiger partial charge in [-0.05, 0) is 19.8 Å². The average Bonchev–Trinajstić information content (AvgIpc) is 2.47. The monoisotopic (exact) mass is 305 g/mol. The molecule has 1 N–H and O–H groups in total. The maximum atomic E-state index is 12.6. The minimum absolute atomic E-state index is 0.0351. The van der Waals surface area contributed by atoms with E-state index in [1.54, 1.807) is 4.31 Å². The Kier molecular flexibility index (Phi) is 5.00. The predicted octanol–water partition coefficient (Wildman–Crippen LogP) is -0.590. The number of methoxy groups -OCH3 is 1. The van der Waals surface area contributed by atoms with E-state index in [-0.39, 0.29) is 17.9 Å². The summed E-state index contributed by atoms with van der Waals surface area (Å²) in [7, 11) is -2.05. The third kappa shape index (κ3) is 3.13. The van der Waals surface area contributed by atoms with Crippen LogP contribution in [0.1, 0.15) is 19.8 Å². The van der Waals surface area contributed by atoms with E-state index in [4.69, 9.17) is 4.74 Å². The number of ether oxygens (including phenoxy) is 1. The van der Waals surface area contributed by atoms with Gasteiger partial charge in [0.15, 0.2) is 0 Å². The van der Waals surface area contributed by atoms with E-state index in [0.717, 1.165) is 0 Å². The summed E-state index contributed by atoms with van der Waals surface area (Å²) < 4.78 is 33.0. The number of carbonyl (C=O) groups is 1. The lowest BCUT2D eigenvalue weighted by Gasteiger charge is -2.38. The van der Waals surface area contributed by atoms with E-state index in [1.165, 1.54) is 11.4 Å². The molecule has 116 valence electrons. The fourth-order valence-corrected chi connectivity index (χ4v) is 4.62. The van der Waals surface area contributed by atoms with Crippen molar-refractivity contribution in [2.75, 3.05) is 39.8 Å². The van der Waals surface area contributed by atoms with Crippen LogP contribution >= 0.6 is 0 Å². The van der Waals surface area contributed by atoms with Crippen LogP contribution in [0, 0.1) is 5.92 Å². The number of hydrogen-bond acceptors (Lipinski definition) is 5. The third-order valence-corrected chi connectivity index (χ3v) is 6.20. The first-order chi connectivity index (χ1) is 9.46. The molecule has 0 aromatic rings. The van der Waals surface area contributed by atoms with E-state index < -0.39 is 10.2 Å². The standard InChI is InChI=1S/C12H23N3O4S/c1-10-9-13-5-8-15(10)20(17,18)14-6-3-11(4-7-14)12(16)19-2/h10-11,13H,3-9H2,1-2H3. The number of rotatable bonds is 3. The molecule has 0 spiro atoms. The quantitative estimate of drug-likeness (QED) is 0.705. The number of piperazine rings is 1. The normalized spacial score (nSPS) is 27.4. The molecule has 1 unspecified atom stereocenters. The van der Waals surface area contributed by atoms with E-state index in [0.29, 0.717) is 45.6 Å². The summed E-state index contributed by atoms with van der Waals surface area (Å²) in [5, 5.41) is 3.18. The Labute approximate surface area is 120 Å². The van der Waals surface area contributed by atoms with Crippen LogP contribution in [0.3, 0.4) is 0 Å². The topological polar surface area (TPSA) is 79.0 Å². The summed E-state index contributed by atoms with van der Waals surface area (Å²) >= 11 is 0. The molecule has 2 saturated heterocycles. The molecular formula is C12H23N3O4S. The van der Waals surface area contributed by atoms with Gasteiger partial charge in [0.25, 0.3) is 10.2 Å². The first-order valence-electron chi connectivity index (χ1n) is 7.02. The van der Waals surface area contributed by atoms with Gasteiger partial charge in [0.05, 0.1) is 13.0 Å². The second-order valence-electron chi connectivity index (χ2n) is 5.37. The van der Waals surface area contributed by atoms with Crippen LogP contribution in [-0.4, -0.2) is 68.9 Å². The third-order valence-electron chi connectivity index (χ3n) is 4.05. The Balaban J connectivity index is 2.00. The molecule has 8 heteroatoms. The fraction of sp³-hybridized carbons (Fsp3) is 0.917. The van der Waals surface area contributed by atoms with Gasteiger partial charge in [-0.3, -0.25) is 4.79 Å². The van der Waals surface area contributed by atoms with Crippen molar-refractivity contribution >= 4 is 16.2 Å². The molecule has 0 saturated carbocycles. The predicted molar refractivity (Wildman–Crippen MR) is 74.3 cm³/mol. The number of carbonyl (C=O) groups excluding carboxylic acids is 1. The molecule has 0 bridgehead atoms. The Morgan fingerprint density at radius 3 is 2.45 bits per heavy atom. The highest BCUT2D eigenvalue weighted by molar-refractivity contribution is 7.86. The van der Waals surface area contributed by atoms with Crippen LogP contribution in [0.25, 0.3) is 0 Å². The minimum atomic E-state index is -3.42. The van der Waals surface area contributed by atoms with Crippen molar-refractivity contribution in [3.63, 3.8) is 0 Å². The van der Waals surface area contributed by atoms with Crippen molar-refractivity contribution in [3.8, 4) is 0 Å². The zero-order chi connectivity index (χ0) is 14.8. The molecule has 20 heavy (non-hydrogen) atoms. The molecule has 2 aliphatic heterocycles. The van der Waals surface area contributed by atoms with E-state index in [9.17, 15) is 13.2 Å². The lowest BCUT2D eigenvalue weighted by Crippen LogP contribution is -2.57. The molecule has 0 amide bonds. The summed E-state index contributed by atoms with van der Waals surface area (Å²) in [6.07, 6.45) is 1.07. The summed E-state index contributed by atoms with van der Waals surface area (Å²) in [6, 6.07) is -0.0351. The summed E-state index contributed by atoms with van der Waals surface area (Å²) in [6.45, 7) is 4.54. The molecule has 0 aliphatic carbocycles. The Morgan fingerprint density at radius 2 is 1.90 bits per heavy atom. The SMILES string of the molecule is COC(=O)C1CCN(S(=O)(=O)N2CCNCC2C)CC1. The Morgan fingerprint density at radius 1 is 1.25 bits per heavy atom. The van der Waals surface area contributed by atoms with E-state index >= 15 is 0 Å².